The van der Waals surface area contributed by atoms with Crippen LogP contribution in [0.2, 0.25) is 0 Å². The van der Waals surface area contributed by atoms with Crippen LogP contribution < -0.4 is 41.7 Å². The zero-order valence-electron chi connectivity index (χ0n) is 51.3. The molecule has 0 unspecified atom stereocenters. The normalized spacial score (nSPS) is 24.3. The Hall–Kier alpha value is -1.83. The Morgan fingerprint density at radius 3 is 1.15 bits per heavy atom. The van der Waals surface area contributed by atoms with Gasteiger partial charge in [0, 0.05) is 87.1 Å². The lowest BCUT2D eigenvalue weighted by Crippen LogP contribution is -2.63. The van der Waals surface area contributed by atoms with Gasteiger partial charge < -0.3 is 46.6 Å². The summed E-state index contributed by atoms with van der Waals surface area (Å²) in [6.45, 7) is 53.7. The highest BCUT2D eigenvalue weighted by molar-refractivity contribution is 5.48. The van der Waals surface area contributed by atoms with E-state index in [1.54, 1.807) is 0 Å². The molecule has 12 nitrogen and oxygen atoms in total. The number of hydrogen-bond acceptors (Lipinski definition) is 12. The maximum Gasteiger partial charge on any atom is 0.232 e. The Bertz CT molecular complexity index is 1790. The van der Waals surface area contributed by atoms with Crippen molar-refractivity contribution in [1.29, 1.82) is 0 Å². The Morgan fingerprint density at radius 2 is 0.778 bits per heavy atom. The first-order chi connectivity index (χ1) is 32.7. The summed E-state index contributed by atoms with van der Waals surface area (Å²) in [6.07, 6.45) is 19.4. The molecule has 0 aliphatic carbocycles. The molecule has 5 rings (SSSR count). The smallest absolute Gasteiger partial charge is 0.232 e. The Kier molecular flexibility index (Phi) is 19.5. The van der Waals surface area contributed by atoms with Crippen molar-refractivity contribution in [2.24, 2.45) is 5.41 Å². The van der Waals surface area contributed by atoms with E-state index in [0.29, 0.717) is 30.1 Å². The molecule has 5 heterocycles. The van der Waals surface area contributed by atoms with Crippen LogP contribution in [0.3, 0.4) is 0 Å². The summed E-state index contributed by atoms with van der Waals surface area (Å²) in [4.78, 5) is 24.7. The van der Waals surface area contributed by atoms with Crippen molar-refractivity contribution in [3.05, 3.63) is 0 Å². The number of aromatic nitrogens is 3. The van der Waals surface area contributed by atoms with Crippen molar-refractivity contribution in [3.63, 3.8) is 0 Å². The lowest BCUT2D eigenvalue weighted by atomic mass is 9.79. The Labute approximate surface area is 444 Å². The van der Waals surface area contributed by atoms with Crippen LogP contribution in [0, 0.1) is 5.41 Å². The molecule has 0 atom stereocenters. The molecule has 1 aromatic rings. The van der Waals surface area contributed by atoms with Gasteiger partial charge in [-0.2, -0.15) is 15.0 Å². The molecular formula is C60H118N12. The van der Waals surface area contributed by atoms with Crippen molar-refractivity contribution in [1.82, 2.24) is 46.4 Å². The zero-order chi connectivity index (χ0) is 54.0. The van der Waals surface area contributed by atoms with E-state index in [2.05, 4.69) is 199 Å². The predicted molar refractivity (Wildman–Crippen MR) is 311 cm³/mol. The largest absolute Gasteiger partial charge is 0.349 e. The van der Waals surface area contributed by atoms with Crippen LogP contribution in [-0.4, -0.2) is 127 Å². The maximum atomic E-state index is 5.72. The van der Waals surface area contributed by atoms with Gasteiger partial charge in [0.2, 0.25) is 17.8 Å². The fraction of sp³-hybridized carbons (Fsp3) is 0.950. The number of hydrogen-bond donors (Lipinski definition) is 6. The molecule has 72 heavy (non-hydrogen) atoms. The third kappa shape index (κ3) is 19.9. The van der Waals surface area contributed by atoms with Gasteiger partial charge in [-0.15, -0.1) is 0 Å². The summed E-state index contributed by atoms with van der Waals surface area (Å²) in [5.41, 5.74) is 0.469. The Balaban J connectivity index is 1.42. The summed E-state index contributed by atoms with van der Waals surface area (Å²) in [6, 6.07) is 1.76. The van der Waals surface area contributed by atoms with E-state index in [1.165, 1.54) is 64.2 Å². The van der Waals surface area contributed by atoms with Crippen LogP contribution >= 0.6 is 0 Å². The van der Waals surface area contributed by atoms with Gasteiger partial charge in [-0.1, -0.05) is 46.5 Å². The van der Waals surface area contributed by atoms with Crippen LogP contribution in [0.15, 0.2) is 0 Å². The third-order valence-corrected chi connectivity index (χ3v) is 16.2. The van der Waals surface area contributed by atoms with Gasteiger partial charge in [-0.3, -0.25) is 0 Å². The molecule has 6 N–H and O–H groups in total. The van der Waals surface area contributed by atoms with E-state index < -0.39 is 0 Å². The molecule has 0 amide bonds. The number of piperidine rings is 4. The number of unbranched alkanes of at least 4 members (excludes halogenated alkanes) is 6. The standard InChI is InChI=1S/C60H118N12/c1-51(2,3)43-60(20,21)65-48-62-49(71(46-39-56(12,13)68-57(14,15)40-46)33-29-24-23-27-31-61-44-35-52(4,5)66-53(6,7)36-44)64-50(63-48)72(47-41-58(16,17)69-59(18,19)42-47)34-30-26-25-28-32-70(22)45-37-54(8,9)67-55(10,11)38-45/h44-47,61,66-69H,23-43H2,1-22H3,(H,62,63,64,65). The molecule has 0 spiro atoms. The first-order valence-electron chi connectivity index (χ1n) is 29.4. The van der Waals surface area contributed by atoms with Crippen LogP contribution in [0.4, 0.5) is 17.8 Å². The summed E-state index contributed by atoms with van der Waals surface area (Å²) < 4.78 is 0. The van der Waals surface area contributed by atoms with E-state index in [0.717, 1.165) is 83.0 Å². The van der Waals surface area contributed by atoms with Gasteiger partial charge in [-0.25, -0.2) is 0 Å². The maximum absolute atomic E-state index is 5.72. The average molecular weight is 1010 g/mol. The second-order valence-corrected chi connectivity index (χ2v) is 31.5. The fourth-order valence-corrected chi connectivity index (χ4v) is 15.5. The molecule has 0 saturated carbocycles. The molecular weight excluding hydrogens is 889 g/mol. The number of nitrogens with zero attached hydrogens (tertiary/aromatic N) is 6. The highest BCUT2D eigenvalue weighted by atomic mass is 15.4. The summed E-state index contributed by atoms with van der Waals surface area (Å²) in [5.74, 6) is 2.40. The molecule has 4 fully saturated rings. The molecule has 4 aliphatic heterocycles. The summed E-state index contributed by atoms with van der Waals surface area (Å²) in [7, 11) is 2.36. The minimum atomic E-state index is -0.220. The molecule has 1 aromatic heterocycles. The van der Waals surface area contributed by atoms with E-state index in [4.69, 9.17) is 15.0 Å². The SMILES string of the molecule is CN(CCCCCCN(c1nc(NC(C)(C)CC(C)(C)C)nc(N(CCCCCCNC2CC(C)(C)NC(C)(C)C2)C2CC(C)(C)NC(C)(C)C2)n1)C1CC(C)(C)NC(C)(C)C1)C1CC(C)(C)NC(C)(C)C1. The van der Waals surface area contributed by atoms with Crippen LogP contribution in [0.5, 0.6) is 0 Å². The van der Waals surface area contributed by atoms with Gasteiger partial charge in [0.1, 0.15) is 0 Å². The van der Waals surface area contributed by atoms with E-state index >= 15 is 0 Å². The molecule has 4 saturated heterocycles. The highest BCUT2D eigenvalue weighted by Crippen LogP contribution is 2.38. The molecule has 0 radical (unpaired) electrons. The van der Waals surface area contributed by atoms with Gasteiger partial charge in [-0.05, 0) is 234 Å². The number of anilines is 3. The lowest BCUT2D eigenvalue weighted by molar-refractivity contribution is 0.0805. The number of rotatable bonds is 23. The summed E-state index contributed by atoms with van der Waals surface area (Å²) >= 11 is 0. The first-order valence-corrected chi connectivity index (χ1v) is 29.4. The first kappa shape index (κ1) is 61.0. The van der Waals surface area contributed by atoms with Gasteiger partial charge in [0.05, 0.1) is 0 Å². The molecule has 12 heteroatoms. The van der Waals surface area contributed by atoms with Crippen LogP contribution in [-0.2, 0) is 0 Å². The highest BCUT2D eigenvalue weighted by Gasteiger charge is 2.44. The van der Waals surface area contributed by atoms with Crippen LogP contribution in [0.1, 0.15) is 255 Å². The minimum Gasteiger partial charge on any atom is -0.349 e. The van der Waals surface area contributed by atoms with Gasteiger partial charge >= 0.3 is 0 Å². The third-order valence-electron chi connectivity index (χ3n) is 16.2. The molecule has 418 valence electrons. The van der Waals surface area contributed by atoms with Crippen LogP contribution in [0.25, 0.3) is 0 Å². The van der Waals surface area contributed by atoms with Crippen molar-refractivity contribution in [3.8, 4) is 0 Å². The Morgan fingerprint density at radius 1 is 0.444 bits per heavy atom. The zero-order valence-corrected chi connectivity index (χ0v) is 51.3. The number of nitrogens with one attached hydrogen (secondary N) is 6. The minimum absolute atomic E-state index is 0.0202. The van der Waals surface area contributed by atoms with E-state index in [1.807, 2.05) is 0 Å². The van der Waals surface area contributed by atoms with Gasteiger partial charge in [0.15, 0.2) is 0 Å². The molecule has 4 aliphatic rings. The lowest BCUT2D eigenvalue weighted by Gasteiger charge is -2.50. The van der Waals surface area contributed by atoms with Crippen molar-refractivity contribution in [2.75, 3.05) is 48.3 Å². The summed E-state index contributed by atoms with van der Waals surface area (Å²) in [5, 5.41) is 23.6. The fourth-order valence-electron chi connectivity index (χ4n) is 15.5. The van der Waals surface area contributed by atoms with Crippen molar-refractivity contribution < 1.29 is 0 Å². The average Bonchev–Trinajstić information content (AvgIpc) is 3.12. The van der Waals surface area contributed by atoms with E-state index in [-0.39, 0.29) is 55.3 Å². The van der Waals surface area contributed by atoms with E-state index in [9.17, 15) is 0 Å². The topological polar surface area (TPSA) is 121 Å². The van der Waals surface area contributed by atoms with Crippen molar-refractivity contribution >= 4 is 17.8 Å². The van der Waals surface area contributed by atoms with Crippen molar-refractivity contribution in [2.45, 2.75) is 329 Å². The second-order valence-electron chi connectivity index (χ2n) is 31.5. The monoisotopic (exact) mass is 1010 g/mol. The van der Waals surface area contributed by atoms with Gasteiger partial charge in [0.25, 0.3) is 0 Å². The predicted octanol–water partition coefficient (Wildman–Crippen LogP) is 12.0. The quantitative estimate of drug-likeness (QED) is 0.0586. The second kappa shape index (κ2) is 23.0. The molecule has 0 bridgehead atoms. The molecule has 0 aromatic carbocycles.